The Morgan fingerprint density at radius 3 is 2.29 bits per heavy atom. The Balaban J connectivity index is 0.00000256. The predicted molar refractivity (Wildman–Crippen MR) is 73.1 cm³/mol. The molecule has 0 saturated carbocycles. The second-order valence-electron chi connectivity index (χ2n) is 4.76. The summed E-state index contributed by atoms with van der Waals surface area (Å²) in [4.78, 5) is 11.7. The molecule has 0 radical (unpaired) electrons. The van der Waals surface area contributed by atoms with Crippen molar-refractivity contribution in [1.82, 2.24) is 5.32 Å². The van der Waals surface area contributed by atoms with Crippen LogP contribution in [-0.4, -0.2) is 12.5 Å². The summed E-state index contributed by atoms with van der Waals surface area (Å²) in [6.07, 6.45) is 0. The van der Waals surface area contributed by atoms with Crippen LogP contribution in [0.5, 0.6) is 0 Å². The molecule has 0 fully saturated rings. The van der Waals surface area contributed by atoms with Gasteiger partial charge in [0.25, 0.3) is 0 Å². The van der Waals surface area contributed by atoms with Gasteiger partial charge in [-0.1, -0.05) is 29.8 Å². The SMILES string of the molecule is Cc1ccc(CNC(=O)C(C)(C)CN)cc1.Cl. The maximum atomic E-state index is 11.7. The summed E-state index contributed by atoms with van der Waals surface area (Å²) in [7, 11) is 0. The van der Waals surface area contributed by atoms with Crippen LogP contribution in [0.4, 0.5) is 0 Å². The molecule has 0 spiro atoms. The van der Waals surface area contributed by atoms with Crippen LogP contribution in [0.2, 0.25) is 0 Å². The molecule has 1 rings (SSSR count). The fourth-order valence-corrected chi connectivity index (χ4v) is 1.22. The van der Waals surface area contributed by atoms with E-state index in [0.717, 1.165) is 5.56 Å². The molecule has 0 aromatic heterocycles. The molecule has 3 N–H and O–H groups in total. The van der Waals surface area contributed by atoms with Crippen LogP contribution >= 0.6 is 12.4 Å². The number of amides is 1. The molecule has 1 aromatic carbocycles. The third-order valence-corrected chi connectivity index (χ3v) is 2.70. The van der Waals surface area contributed by atoms with E-state index in [1.54, 1.807) is 0 Å². The van der Waals surface area contributed by atoms with Gasteiger partial charge in [-0.25, -0.2) is 0 Å². The first kappa shape index (κ1) is 15.9. The van der Waals surface area contributed by atoms with Gasteiger partial charge in [-0.3, -0.25) is 4.79 Å². The minimum Gasteiger partial charge on any atom is -0.352 e. The molecule has 0 saturated heterocycles. The molecular weight excluding hydrogens is 236 g/mol. The summed E-state index contributed by atoms with van der Waals surface area (Å²) < 4.78 is 0. The minimum absolute atomic E-state index is 0. The standard InChI is InChI=1S/C13H20N2O.ClH/c1-10-4-6-11(7-5-10)8-15-12(16)13(2,3)9-14;/h4-7H,8-9,14H2,1-3H3,(H,15,16);1H. The average Bonchev–Trinajstić information content (AvgIpc) is 2.28. The first-order valence-electron chi connectivity index (χ1n) is 5.49. The second-order valence-corrected chi connectivity index (χ2v) is 4.76. The van der Waals surface area contributed by atoms with Crippen molar-refractivity contribution in [2.24, 2.45) is 11.1 Å². The average molecular weight is 257 g/mol. The molecule has 1 aromatic rings. The molecule has 0 atom stereocenters. The van der Waals surface area contributed by atoms with Crippen molar-refractivity contribution >= 4 is 18.3 Å². The van der Waals surface area contributed by atoms with Gasteiger partial charge < -0.3 is 11.1 Å². The molecule has 96 valence electrons. The van der Waals surface area contributed by atoms with Crippen molar-refractivity contribution < 1.29 is 4.79 Å². The van der Waals surface area contributed by atoms with Gasteiger partial charge in [0.05, 0.1) is 5.41 Å². The number of carbonyl (C=O) groups excluding carboxylic acids is 1. The van der Waals surface area contributed by atoms with Crippen molar-refractivity contribution in [3.05, 3.63) is 35.4 Å². The van der Waals surface area contributed by atoms with Crippen molar-refractivity contribution in [3.8, 4) is 0 Å². The Hall–Kier alpha value is -1.06. The maximum absolute atomic E-state index is 11.7. The van der Waals surface area contributed by atoms with Gasteiger partial charge in [0.15, 0.2) is 0 Å². The molecule has 0 aliphatic rings. The summed E-state index contributed by atoms with van der Waals surface area (Å²) in [6.45, 7) is 6.64. The number of hydrogen-bond acceptors (Lipinski definition) is 2. The number of nitrogens with one attached hydrogen (secondary N) is 1. The summed E-state index contributed by atoms with van der Waals surface area (Å²) in [5.74, 6) is -0.00410. The molecule has 4 heteroatoms. The quantitative estimate of drug-likeness (QED) is 0.866. The highest BCUT2D eigenvalue weighted by Crippen LogP contribution is 2.12. The summed E-state index contributed by atoms with van der Waals surface area (Å²) >= 11 is 0. The topological polar surface area (TPSA) is 55.1 Å². The van der Waals surface area contributed by atoms with Gasteiger partial charge in [-0.15, -0.1) is 12.4 Å². The summed E-state index contributed by atoms with van der Waals surface area (Å²) in [5, 5.41) is 2.89. The van der Waals surface area contributed by atoms with Gasteiger partial charge >= 0.3 is 0 Å². The van der Waals surface area contributed by atoms with E-state index in [4.69, 9.17) is 5.73 Å². The lowest BCUT2D eigenvalue weighted by Gasteiger charge is -2.21. The zero-order chi connectivity index (χ0) is 12.2. The van der Waals surface area contributed by atoms with Crippen LogP contribution in [0, 0.1) is 12.3 Å². The van der Waals surface area contributed by atoms with Gasteiger partial charge in [0.1, 0.15) is 0 Å². The lowest BCUT2D eigenvalue weighted by Crippen LogP contribution is -2.41. The van der Waals surface area contributed by atoms with Crippen molar-refractivity contribution in [1.29, 1.82) is 0 Å². The number of rotatable bonds is 4. The number of aryl methyl sites for hydroxylation is 1. The Morgan fingerprint density at radius 1 is 1.29 bits per heavy atom. The fraction of sp³-hybridized carbons (Fsp3) is 0.462. The van der Waals surface area contributed by atoms with Crippen LogP contribution in [0.1, 0.15) is 25.0 Å². The smallest absolute Gasteiger partial charge is 0.227 e. The first-order chi connectivity index (χ1) is 7.45. The lowest BCUT2D eigenvalue weighted by molar-refractivity contribution is -0.129. The monoisotopic (exact) mass is 256 g/mol. The maximum Gasteiger partial charge on any atom is 0.227 e. The number of hydrogen-bond donors (Lipinski definition) is 2. The zero-order valence-corrected chi connectivity index (χ0v) is 11.4. The molecule has 0 aliphatic heterocycles. The van der Waals surface area contributed by atoms with E-state index in [1.807, 2.05) is 45.0 Å². The van der Waals surface area contributed by atoms with Crippen LogP contribution in [0.15, 0.2) is 24.3 Å². The lowest BCUT2D eigenvalue weighted by atomic mass is 9.92. The number of carbonyl (C=O) groups is 1. The highest BCUT2D eigenvalue weighted by atomic mass is 35.5. The van der Waals surface area contributed by atoms with Crippen LogP contribution < -0.4 is 11.1 Å². The van der Waals surface area contributed by atoms with E-state index in [1.165, 1.54) is 5.56 Å². The van der Waals surface area contributed by atoms with Gasteiger partial charge in [0, 0.05) is 13.1 Å². The van der Waals surface area contributed by atoms with E-state index in [0.29, 0.717) is 13.1 Å². The van der Waals surface area contributed by atoms with Gasteiger partial charge in [-0.05, 0) is 26.3 Å². The number of benzene rings is 1. The molecule has 1 amide bonds. The van der Waals surface area contributed by atoms with Crippen molar-refractivity contribution in [2.75, 3.05) is 6.54 Å². The molecular formula is C13H21ClN2O. The highest BCUT2D eigenvalue weighted by Gasteiger charge is 2.25. The van der Waals surface area contributed by atoms with E-state index >= 15 is 0 Å². The Bertz CT molecular complexity index is 360. The molecule has 17 heavy (non-hydrogen) atoms. The fourth-order valence-electron chi connectivity index (χ4n) is 1.22. The normalized spacial score (nSPS) is 10.6. The van der Waals surface area contributed by atoms with Crippen LogP contribution in [0.3, 0.4) is 0 Å². The number of nitrogens with two attached hydrogens (primary N) is 1. The summed E-state index contributed by atoms with van der Waals surface area (Å²) in [6, 6.07) is 8.11. The Morgan fingerprint density at radius 2 is 1.82 bits per heavy atom. The third-order valence-electron chi connectivity index (χ3n) is 2.70. The molecule has 3 nitrogen and oxygen atoms in total. The zero-order valence-electron chi connectivity index (χ0n) is 10.6. The minimum atomic E-state index is -0.495. The van der Waals surface area contributed by atoms with Crippen molar-refractivity contribution in [2.45, 2.75) is 27.3 Å². The molecule has 0 heterocycles. The predicted octanol–water partition coefficient (Wildman–Crippen LogP) is 2.02. The van der Waals surface area contributed by atoms with E-state index < -0.39 is 5.41 Å². The molecule has 0 unspecified atom stereocenters. The number of halogens is 1. The van der Waals surface area contributed by atoms with E-state index in [2.05, 4.69) is 5.32 Å². The van der Waals surface area contributed by atoms with Gasteiger partial charge in [0.2, 0.25) is 5.91 Å². The largest absolute Gasteiger partial charge is 0.352 e. The Kier molecular flexibility index (Phi) is 6.21. The molecule has 0 bridgehead atoms. The summed E-state index contributed by atoms with van der Waals surface area (Å²) in [5.41, 5.74) is 7.36. The van der Waals surface area contributed by atoms with Crippen molar-refractivity contribution in [3.63, 3.8) is 0 Å². The third kappa shape index (κ3) is 4.75. The van der Waals surface area contributed by atoms with Crippen LogP contribution in [-0.2, 0) is 11.3 Å². The highest BCUT2D eigenvalue weighted by molar-refractivity contribution is 5.85. The van der Waals surface area contributed by atoms with E-state index in [9.17, 15) is 4.79 Å². The Labute approximate surface area is 109 Å². The van der Waals surface area contributed by atoms with Gasteiger partial charge in [-0.2, -0.15) is 0 Å². The van der Waals surface area contributed by atoms with E-state index in [-0.39, 0.29) is 18.3 Å². The first-order valence-corrected chi connectivity index (χ1v) is 5.49. The second kappa shape index (κ2) is 6.62. The van der Waals surface area contributed by atoms with Crippen LogP contribution in [0.25, 0.3) is 0 Å². The molecule has 0 aliphatic carbocycles.